The Morgan fingerprint density at radius 1 is 1.19 bits per heavy atom. The molecule has 0 saturated heterocycles. The first kappa shape index (κ1) is 14.7. The van der Waals surface area contributed by atoms with Gasteiger partial charge in [0.05, 0.1) is 16.3 Å². The first-order valence-electron chi connectivity index (χ1n) is 6.60. The molecular weight excluding hydrogens is 266 g/mol. The second-order valence-corrected chi connectivity index (χ2v) is 4.93. The summed E-state index contributed by atoms with van der Waals surface area (Å²) in [6, 6.07) is 12.4. The molecule has 5 heteroatoms. The van der Waals surface area contributed by atoms with E-state index in [9.17, 15) is 10.1 Å². The fourth-order valence-corrected chi connectivity index (χ4v) is 2.12. The smallest absolute Gasteiger partial charge is 0.271 e. The summed E-state index contributed by atoms with van der Waals surface area (Å²) in [6.45, 7) is 5.99. The molecule has 0 aromatic heterocycles. The topological polar surface area (TPSA) is 67.5 Å². The van der Waals surface area contributed by atoms with E-state index in [4.69, 9.17) is 0 Å². The number of aryl methyl sites for hydroxylation is 2. The van der Waals surface area contributed by atoms with Gasteiger partial charge < -0.3 is 0 Å². The number of non-ortho nitro benzene ring substituents is 1. The lowest BCUT2D eigenvalue weighted by atomic mass is 10.0. The highest BCUT2D eigenvalue weighted by Crippen LogP contribution is 2.17. The average Bonchev–Trinajstić information content (AvgIpc) is 2.45. The van der Waals surface area contributed by atoms with Gasteiger partial charge in [0, 0.05) is 17.7 Å². The molecule has 2 aromatic carbocycles. The largest absolute Gasteiger partial charge is 0.278 e. The third-order valence-corrected chi connectivity index (χ3v) is 3.18. The molecule has 21 heavy (non-hydrogen) atoms. The second-order valence-electron chi connectivity index (χ2n) is 4.93. The van der Waals surface area contributed by atoms with Crippen LogP contribution in [0, 0.1) is 24.0 Å². The van der Waals surface area contributed by atoms with Crippen LogP contribution in [-0.4, -0.2) is 10.6 Å². The van der Waals surface area contributed by atoms with Crippen molar-refractivity contribution in [3.05, 3.63) is 69.3 Å². The number of nitrogens with one attached hydrogen (secondary N) is 1. The van der Waals surface area contributed by atoms with Gasteiger partial charge in [-0.05, 0) is 32.4 Å². The first-order valence-corrected chi connectivity index (χ1v) is 6.60. The minimum atomic E-state index is -0.425. The molecule has 1 N–H and O–H groups in total. The molecule has 2 aromatic rings. The molecule has 0 radical (unpaired) electrons. The highest BCUT2D eigenvalue weighted by atomic mass is 16.6. The number of nitrogens with zero attached hydrogens (tertiary/aromatic N) is 2. The number of nitro groups is 1. The van der Waals surface area contributed by atoms with Crippen LogP contribution in [0.5, 0.6) is 0 Å². The van der Waals surface area contributed by atoms with E-state index in [0.29, 0.717) is 5.69 Å². The zero-order valence-electron chi connectivity index (χ0n) is 12.3. The lowest BCUT2D eigenvalue weighted by Gasteiger charge is -2.07. The van der Waals surface area contributed by atoms with Crippen molar-refractivity contribution >= 4 is 17.1 Å². The third kappa shape index (κ3) is 3.66. The summed E-state index contributed by atoms with van der Waals surface area (Å²) < 4.78 is 0. The van der Waals surface area contributed by atoms with Gasteiger partial charge in [-0.3, -0.25) is 15.5 Å². The Labute approximate surface area is 123 Å². The zero-order valence-corrected chi connectivity index (χ0v) is 12.3. The molecule has 108 valence electrons. The maximum absolute atomic E-state index is 10.7. The molecule has 0 fully saturated rings. The van der Waals surface area contributed by atoms with Crippen LogP contribution in [0.3, 0.4) is 0 Å². The van der Waals surface area contributed by atoms with Crippen molar-refractivity contribution in [2.45, 2.75) is 20.8 Å². The molecule has 0 spiro atoms. The van der Waals surface area contributed by atoms with E-state index in [0.717, 1.165) is 16.8 Å². The van der Waals surface area contributed by atoms with E-state index >= 15 is 0 Å². The Kier molecular flexibility index (Phi) is 4.33. The van der Waals surface area contributed by atoms with Crippen molar-refractivity contribution in [2.75, 3.05) is 5.43 Å². The second kappa shape index (κ2) is 6.17. The number of rotatable bonds is 4. The maximum Gasteiger partial charge on any atom is 0.271 e. The zero-order chi connectivity index (χ0) is 15.4. The third-order valence-electron chi connectivity index (χ3n) is 3.18. The normalized spacial score (nSPS) is 11.3. The van der Waals surface area contributed by atoms with E-state index < -0.39 is 4.92 Å². The number of anilines is 1. The van der Waals surface area contributed by atoms with Gasteiger partial charge in [-0.25, -0.2) is 0 Å². The molecule has 0 heterocycles. The molecule has 0 atom stereocenters. The molecule has 0 aliphatic carbocycles. The minimum absolute atomic E-state index is 0.0411. The monoisotopic (exact) mass is 283 g/mol. The summed E-state index contributed by atoms with van der Waals surface area (Å²) in [5.74, 6) is 0. The molecule has 0 bridgehead atoms. The highest BCUT2D eigenvalue weighted by Gasteiger charge is 2.06. The average molecular weight is 283 g/mol. The van der Waals surface area contributed by atoms with Crippen molar-refractivity contribution in [1.29, 1.82) is 0 Å². The van der Waals surface area contributed by atoms with Crippen LogP contribution in [0.2, 0.25) is 0 Å². The van der Waals surface area contributed by atoms with E-state index in [1.165, 1.54) is 17.7 Å². The van der Waals surface area contributed by atoms with Crippen LogP contribution in [0.4, 0.5) is 11.4 Å². The van der Waals surface area contributed by atoms with Gasteiger partial charge in [0.2, 0.25) is 0 Å². The molecule has 0 saturated carbocycles. The molecular formula is C16H17N3O2. The van der Waals surface area contributed by atoms with Crippen LogP contribution in [0.25, 0.3) is 0 Å². The molecule has 0 aliphatic heterocycles. The fourth-order valence-electron chi connectivity index (χ4n) is 2.12. The van der Waals surface area contributed by atoms with Gasteiger partial charge in [-0.15, -0.1) is 0 Å². The van der Waals surface area contributed by atoms with Gasteiger partial charge in [0.1, 0.15) is 0 Å². The Bertz CT molecular complexity index is 708. The van der Waals surface area contributed by atoms with E-state index in [1.807, 2.05) is 32.9 Å². The highest BCUT2D eigenvalue weighted by molar-refractivity contribution is 6.00. The number of hydrogen-bond donors (Lipinski definition) is 1. The van der Waals surface area contributed by atoms with Crippen molar-refractivity contribution in [2.24, 2.45) is 5.10 Å². The van der Waals surface area contributed by atoms with Crippen LogP contribution in [-0.2, 0) is 0 Å². The summed E-state index contributed by atoms with van der Waals surface area (Å²) in [7, 11) is 0. The standard InChI is InChI=1S/C16H17N3O2/c1-11-7-8-16(12(2)9-11)13(3)17-18-14-5-4-6-15(10-14)19(20)21/h4-10,18H,1-3H3/b17-13-. The molecule has 5 nitrogen and oxygen atoms in total. The number of hydrogen-bond acceptors (Lipinski definition) is 4. The van der Waals surface area contributed by atoms with Crippen LogP contribution in [0.1, 0.15) is 23.6 Å². The van der Waals surface area contributed by atoms with Crippen molar-refractivity contribution in [1.82, 2.24) is 0 Å². The first-order chi connectivity index (χ1) is 9.97. The lowest BCUT2D eigenvalue weighted by molar-refractivity contribution is -0.384. The van der Waals surface area contributed by atoms with E-state index in [-0.39, 0.29) is 5.69 Å². The SMILES string of the molecule is C/C(=N/Nc1cccc([N+](=O)[O-])c1)c1ccc(C)cc1C. The molecule has 0 amide bonds. The Morgan fingerprint density at radius 2 is 1.95 bits per heavy atom. The quantitative estimate of drug-likeness (QED) is 0.523. The fraction of sp³-hybridized carbons (Fsp3) is 0.188. The number of nitro benzene ring substituents is 1. The summed E-state index contributed by atoms with van der Waals surface area (Å²) in [5, 5.41) is 15.0. The van der Waals surface area contributed by atoms with Crippen molar-refractivity contribution < 1.29 is 4.92 Å². The van der Waals surface area contributed by atoms with Crippen LogP contribution < -0.4 is 5.43 Å². The predicted octanol–water partition coefficient (Wildman–Crippen LogP) is 4.05. The van der Waals surface area contributed by atoms with Crippen molar-refractivity contribution in [3.8, 4) is 0 Å². The molecule has 2 rings (SSSR count). The van der Waals surface area contributed by atoms with Crippen LogP contribution in [0.15, 0.2) is 47.6 Å². The molecule has 0 aliphatic rings. The Morgan fingerprint density at radius 3 is 2.62 bits per heavy atom. The van der Waals surface area contributed by atoms with Gasteiger partial charge in [0.25, 0.3) is 5.69 Å². The van der Waals surface area contributed by atoms with E-state index in [1.54, 1.807) is 12.1 Å². The predicted molar refractivity (Wildman–Crippen MR) is 84.8 cm³/mol. The number of hydrazone groups is 1. The van der Waals surface area contributed by atoms with E-state index in [2.05, 4.69) is 16.6 Å². The summed E-state index contributed by atoms with van der Waals surface area (Å²) >= 11 is 0. The van der Waals surface area contributed by atoms with Gasteiger partial charge >= 0.3 is 0 Å². The summed E-state index contributed by atoms with van der Waals surface area (Å²) in [4.78, 5) is 10.3. The lowest BCUT2D eigenvalue weighted by Crippen LogP contribution is -2.02. The van der Waals surface area contributed by atoms with Gasteiger partial charge in [-0.2, -0.15) is 5.10 Å². The van der Waals surface area contributed by atoms with Crippen molar-refractivity contribution in [3.63, 3.8) is 0 Å². The number of benzene rings is 2. The Balaban J connectivity index is 2.20. The Hall–Kier alpha value is -2.69. The van der Waals surface area contributed by atoms with Gasteiger partial charge in [0.15, 0.2) is 0 Å². The maximum atomic E-state index is 10.7. The molecule has 0 unspecified atom stereocenters. The van der Waals surface area contributed by atoms with Gasteiger partial charge in [-0.1, -0.05) is 29.8 Å². The summed E-state index contributed by atoms with van der Waals surface area (Å²) in [6.07, 6.45) is 0. The summed E-state index contributed by atoms with van der Waals surface area (Å²) in [5.41, 5.74) is 7.74. The van der Waals surface area contributed by atoms with Crippen LogP contribution >= 0.6 is 0 Å². The minimum Gasteiger partial charge on any atom is -0.278 e.